The van der Waals surface area contributed by atoms with Crippen LogP contribution in [0.4, 0.5) is 5.69 Å². The van der Waals surface area contributed by atoms with E-state index in [-0.39, 0.29) is 15.5 Å². The van der Waals surface area contributed by atoms with Gasteiger partial charge in [0.2, 0.25) is 9.84 Å². The number of rotatable bonds is 4. The second kappa shape index (κ2) is 6.01. The first-order valence-corrected chi connectivity index (χ1v) is 8.70. The molecule has 24 heavy (non-hydrogen) atoms. The van der Waals surface area contributed by atoms with Gasteiger partial charge in [-0.25, -0.2) is 8.42 Å². The Labute approximate surface area is 140 Å². The fraction of sp³-hybridized carbons (Fsp3) is 0.118. The lowest BCUT2D eigenvalue weighted by Gasteiger charge is -2.13. The highest BCUT2D eigenvalue weighted by Gasteiger charge is 2.39. The topological polar surface area (TPSA) is 84.5 Å². The largest absolute Gasteiger partial charge is 0.495 e. The fourth-order valence-corrected chi connectivity index (χ4v) is 4.34. The number of benzene rings is 2. The van der Waals surface area contributed by atoms with Gasteiger partial charge < -0.3 is 15.4 Å². The average Bonchev–Trinajstić information content (AvgIpc) is 2.82. The van der Waals surface area contributed by atoms with Crippen LogP contribution in [0.5, 0.6) is 5.75 Å². The summed E-state index contributed by atoms with van der Waals surface area (Å²) in [5, 5.41) is 5.45. The normalized spacial score (nSPS) is 14.9. The Morgan fingerprint density at radius 2 is 1.71 bits per heavy atom. The number of hydrogen-bond donors (Lipinski definition) is 2. The number of likely N-dealkylation sites (N-methyl/N-ethyl adjacent to an activating group) is 1. The monoisotopic (exact) mass is 344 g/mol. The molecule has 0 aromatic heterocycles. The Morgan fingerprint density at radius 3 is 2.42 bits per heavy atom. The molecule has 0 spiro atoms. The number of methoxy groups -OCH3 is 1. The van der Waals surface area contributed by atoms with Crippen molar-refractivity contribution in [1.29, 1.82) is 0 Å². The lowest BCUT2D eigenvalue weighted by Crippen LogP contribution is -2.24. The fourth-order valence-electron chi connectivity index (χ4n) is 2.63. The van der Waals surface area contributed by atoms with Crippen molar-refractivity contribution in [1.82, 2.24) is 5.32 Å². The van der Waals surface area contributed by atoms with E-state index >= 15 is 0 Å². The van der Waals surface area contributed by atoms with Crippen molar-refractivity contribution in [2.75, 3.05) is 19.5 Å². The summed E-state index contributed by atoms with van der Waals surface area (Å²) in [4.78, 5) is 12.1. The van der Waals surface area contributed by atoms with Gasteiger partial charge in [-0.3, -0.25) is 4.79 Å². The molecule has 3 rings (SSSR count). The van der Waals surface area contributed by atoms with E-state index in [4.69, 9.17) is 4.74 Å². The molecular formula is C17H16N2O4S. The lowest BCUT2D eigenvalue weighted by molar-refractivity contribution is -0.116. The maximum Gasteiger partial charge on any atom is 0.265 e. The maximum absolute atomic E-state index is 12.7. The summed E-state index contributed by atoms with van der Waals surface area (Å²) in [7, 11) is -0.963. The zero-order valence-electron chi connectivity index (χ0n) is 13.2. The molecule has 0 saturated heterocycles. The van der Waals surface area contributed by atoms with Crippen LogP contribution in [0.2, 0.25) is 0 Å². The third kappa shape index (κ3) is 2.43. The second-order valence-corrected chi connectivity index (χ2v) is 6.96. The molecule has 1 heterocycles. The predicted octanol–water partition coefficient (Wildman–Crippen LogP) is 2.01. The van der Waals surface area contributed by atoms with Crippen LogP contribution >= 0.6 is 0 Å². The van der Waals surface area contributed by atoms with Gasteiger partial charge in [0.25, 0.3) is 5.91 Å². The van der Waals surface area contributed by atoms with E-state index in [1.807, 2.05) is 0 Å². The van der Waals surface area contributed by atoms with Crippen LogP contribution in [-0.2, 0) is 14.6 Å². The van der Waals surface area contributed by atoms with E-state index in [1.54, 1.807) is 42.5 Å². The van der Waals surface area contributed by atoms with Crippen molar-refractivity contribution in [2.45, 2.75) is 4.90 Å². The number of ether oxygens (including phenoxy) is 1. The summed E-state index contributed by atoms with van der Waals surface area (Å²) in [6, 6.07) is 13.6. The third-order valence-corrected chi connectivity index (χ3v) is 5.60. The highest BCUT2D eigenvalue weighted by atomic mass is 32.2. The molecule has 2 aromatic rings. The Hall–Kier alpha value is -2.80. The Morgan fingerprint density at radius 1 is 1.04 bits per heavy atom. The van der Waals surface area contributed by atoms with Crippen LogP contribution in [0.25, 0.3) is 5.70 Å². The van der Waals surface area contributed by atoms with Crippen LogP contribution in [-0.4, -0.2) is 28.5 Å². The van der Waals surface area contributed by atoms with Gasteiger partial charge >= 0.3 is 0 Å². The SMILES string of the molecule is CNC(=O)C1=C(Nc2ccccc2OC)c2ccccc2S1(=O)=O. The first-order chi connectivity index (χ1) is 11.5. The van der Waals surface area contributed by atoms with Crippen LogP contribution in [0.15, 0.2) is 58.3 Å². The summed E-state index contributed by atoms with van der Waals surface area (Å²) in [6.07, 6.45) is 0. The predicted molar refractivity (Wildman–Crippen MR) is 91.2 cm³/mol. The summed E-state index contributed by atoms with van der Waals surface area (Å²) < 4.78 is 30.8. The van der Waals surface area contributed by atoms with Gasteiger partial charge in [0.1, 0.15) is 5.75 Å². The van der Waals surface area contributed by atoms with Gasteiger partial charge in [-0.1, -0.05) is 30.3 Å². The maximum atomic E-state index is 12.7. The van der Waals surface area contributed by atoms with Crippen molar-refractivity contribution >= 4 is 27.1 Å². The zero-order chi connectivity index (χ0) is 17.3. The van der Waals surface area contributed by atoms with Gasteiger partial charge in [0, 0.05) is 12.6 Å². The van der Waals surface area contributed by atoms with E-state index in [1.165, 1.54) is 20.2 Å². The molecule has 1 amide bonds. The summed E-state index contributed by atoms with van der Waals surface area (Å²) in [6.45, 7) is 0. The van der Waals surface area contributed by atoms with Crippen LogP contribution < -0.4 is 15.4 Å². The molecule has 0 fully saturated rings. The Bertz CT molecular complexity index is 949. The molecule has 0 bridgehead atoms. The zero-order valence-corrected chi connectivity index (χ0v) is 14.0. The Balaban J connectivity index is 2.22. The van der Waals surface area contributed by atoms with Crippen molar-refractivity contribution in [3.8, 4) is 5.75 Å². The summed E-state index contributed by atoms with van der Waals surface area (Å²) in [5.41, 5.74) is 1.28. The minimum Gasteiger partial charge on any atom is -0.495 e. The van der Waals surface area contributed by atoms with Gasteiger partial charge in [0.05, 0.1) is 23.4 Å². The summed E-state index contributed by atoms with van der Waals surface area (Å²) in [5.74, 6) is -0.119. The highest BCUT2D eigenvalue weighted by molar-refractivity contribution is 7.97. The molecule has 0 atom stereocenters. The lowest BCUT2D eigenvalue weighted by atomic mass is 10.1. The number of sulfone groups is 1. The standard InChI is InChI=1S/C17H16N2O4S/c1-18-17(20)16-15(19-12-8-4-5-9-13(12)23-2)11-7-3-6-10-14(11)24(16,21)22/h3-10,19H,1-2H3,(H,18,20). The molecule has 7 heteroatoms. The molecule has 2 N–H and O–H groups in total. The van der Waals surface area contributed by atoms with E-state index < -0.39 is 15.7 Å². The van der Waals surface area contributed by atoms with Crippen LogP contribution in [0, 0.1) is 0 Å². The van der Waals surface area contributed by atoms with Gasteiger partial charge in [-0.15, -0.1) is 0 Å². The smallest absolute Gasteiger partial charge is 0.265 e. The number of amides is 1. The van der Waals surface area contributed by atoms with Crippen molar-refractivity contribution in [3.05, 3.63) is 59.0 Å². The molecule has 1 aliphatic rings. The van der Waals surface area contributed by atoms with Crippen LogP contribution in [0.1, 0.15) is 5.56 Å². The molecule has 0 saturated carbocycles. The highest BCUT2D eigenvalue weighted by Crippen LogP contribution is 2.40. The van der Waals surface area contributed by atoms with E-state index in [9.17, 15) is 13.2 Å². The number of carbonyl (C=O) groups excluding carboxylic acids is 1. The van der Waals surface area contributed by atoms with Crippen molar-refractivity contribution in [3.63, 3.8) is 0 Å². The first-order valence-electron chi connectivity index (χ1n) is 7.21. The molecule has 1 aliphatic heterocycles. The number of para-hydroxylation sites is 2. The quantitative estimate of drug-likeness (QED) is 0.886. The van der Waals surface area contributed by atoms with E-state index in [0.29, 0.717) is 17.0 Å². The number of fused-ring (bicyclic) bond motifs is 1. The van der Waals surface area contributed by atoms with Crippen LogP contribution in [0.3, 0.4) is 0 Å². The van der Waals surface area contributed by atoms with E-state index in [2.05, 4.69) is 10.6 Å². The summed E-state index contributed by atoms with van der Waals surface area (Å²) >= 11 is 0. The number of nitrogens with one attached hydrogen (secondary N) is 2. The average molecular weight is 344 g/mol. The minimum absolute atomic E-state index is 0.112. The molecule has 2 aromatic carbocycles. The van der Waals surface area contributed by atoms with Gasteiger partial charge in [-0.05, 0) is 18.2 Å². The number of anilines is 1. The van der Waals surface area contributed by atoms with Gasteiger partial charge in [0.15, 0.2) is 4.91 Å². The minimum atomic E-state index is -3.88. The molecule has 6 nitrogen and oxygen atoms in total. The first kappa shape index (κ1) is 16.1. The van der Waals surface area contributed by atoms with E-state index in [0.717, 1.165) is 0 Å². The molecule has 124 valence electrons. The van der Waals surface area contributed by atoms with Crippen molar-refractivity contribution < 1.29 is 17.9 Å². The van der Waals surface area contributed by atoms with Crippen molar-refractivity contribution in [2.24, 2.45) is 0 Å². The number of carbonyl (C=O) groups is 1. The molecular weight excluding hydrogens is 328 g/mol. The van der Waals surface area contributed by atoms with Gasteiger partial charge in [-0.2, -0.15) is 0 Å². The second-order valence-electron chi connectivity index (χ2n) is 5.11. The molecule has 0 aliphatic carbocycles. The number of hydrogen-bond acceptors (Lipinski definition) is 5. The third-order valence-electron chi connectivity index (χ3n) is 3.74. The molecule has 0 unspecified atom stereocenters. The molecule has 0 radical (unpaired) electrons. The Kier molecular flexibility index (Phi) is 4.02.